The SMILES string of the molecule is CN1CCCC(CNC2CC2)C1c1ccccc1Cl. The van der Waals surface area contributed by atoms with Crippen LogP contribution in [-0.4, -0.2) is 31.1 Å². The Bertz CT molecular complexity index is 431. The Morgan fingerprint density at radius 2 is 2.05 bits per heavy atom. The van der Waals surface area contributed by atoms with Crippen LogP contribution in [0.1, 0.15) is 37.3 Å². The topological polar surface area (TPSA) is 15.3 Å². The first-order valence-electron chi connectivity index (χ1n) is 7.44. The average Bonchev–Trinajstić information content (AvgIpc) is 3.22. The smallest absolute Gasteiger partial charge is 0.0453 e. The van der Waals surface area contributed by atoms with E-state index in [1.807, 2.05) is 12.1 Å². The Labute approximate surface area is 121 Å². The van der Waals surface area contributed by atoms with Gasteiger partial charge in [0.05, 0.1) is 0 Å². The number of hydrogen-bond acceptors (Lipinski definition) is 2. The summed E-state index contributed by atoms with van der Waals surface area (Å²) >= 11 is 6.42. The molecule has 1 N–H and O–H groups in total. The highest BCUT2D eigenvalue weighted by molar-refractivity contribution is 6.31. The molecule has 0 amide bonds. The van der Waals surface area contributed by atoms with Crippen LogP contribution in [0.15, 0.2) is 24.3 Å². The monoisotopic (exact) mass is 278 g/mol. The molecular formula is C16H23ClN2. The third-order valence-corrected chi connectivity index (χ3v) is 4.82. The first kappa shape index (κ1) is 13.4. The Morgan fingerprint density at radius 3 is 2.79 bits per heavy atom. The van der Waals surface area contributed by atoms with Gasteiger partial charge in [0.1, 0.15) is 0 Å². The molecule has 104 valence electrons. The zero-order chi connectivity index (χ0) is 13.2. The highest BCUT2D eigenvalue weighted by Gasteiger charge is 2.32. The van der Waals surface area contributed by atoms with E-state index in [4.69, 9.17) is 11.6 Å². The van der Waals surface area contributed by atoms with Gasteiger partial charge in [-0.1, -0.05) is 29.8 Å². The van der Waals surface area contributed by atoms with Crippen molar-refractivity contribution in [3.8, 4) is 0 Å². The Morgan fingerprint density at radius 1 is 1.26 bits per heavy atom. The van der Waals surface area contributed by atoms with E-state index in [0.717, 1.165) is 17.6 Å². The lowest BCUT2D eigenvalue weighted by Gasteiger charge is -2.40. The second-order valence-corrected chi connectivity index (χ2v) is 6.44. The molecule has 1 heterocycles. The molecular weight excluding hydrogens is 256 g/mol. The van der Waals surface area contributed by atoms with E-state index >= 15 is 0 Å². The fourth-order valence-corrected chi connectivity index (χ4v) is 3.53. The molecule has 2 aliphatic rings. The Kier molecular flexibility index (Phi) is 4.11. The molecule has 3 rings (SSSR count). The number of benzene rings is 1. The third kappa shape index (κ3) is 3.13. The molecule has 0 aromatic heterocycles. The highest BCUT2D eigenvalue weighted by Crippen LogP contribution is 2.38. The van der Waals surface area contributed by atoms with E-state index in [-0.39, 0.29) is 0 Å². The normalized spacial score (nSPS) is 28.5. The standard InChI is InChI=1S/C16H23ClN2/c1-19-10-4-5-12(11-18-13-8-9-13)16(19)14-6-2-3-7-15(14)17/h2-3,6-7,12-13,16,18H,4-5,8-11H2,1H3. The highest BCUT2D eigenvalue weighted by atomic mass is 35.5. The molecule has 2 unspecified atom stereocenters. The summed E-state index contributed by atoms with van der Waals surface area (Å²) < 4.78 is 0. The van der Waals surface area contributed by atoms with Crippen LogP contribution in [-0.2, 0) is 0 Å². The lowest BCUT2D eigenvalue weighted by atomic mass is 9.85. The van der Waals surface area contributed by atoms with E-state index in [2.05, 4.69) is 29.4 Å². The summed E-state index contributed by atoms with van der Waals surface area (Å²) in [6, 6.07) is 9.60. The third-order valence-electron chi connectivity index (χ3n) is 4.48. The van der Waals surface area contributed by atoms with Crippen LogP contribution >= 0.6 is 11.6 Å². The van der Waals surface area contributed by atoms with Crippen molar-refractivity contribution in [3.63, 3.8) is 0 Å². The Hall–Kier alpha value is -0.570. The Balaban J connectivity index is 1.78. The summed E-state index contributed by atoms with van der Waals surface area (Å²) in [5, 5.41) is 4.61. The van der Waals surface area contributed by atoms with Crippen molar-refractivity contribution in [1.82, 2.24) is 10.2 Å². The molecule has 1 aliphatic carbocycles. The van der Waals surface area contributed by atoms with Crippen molar-refractivity contribution >= 4 is 11.6 Å². The molecule has 2 atom stereocenters. The van der Waals surface area contributed by atoms with Gasteiger partial charge >= 0.3 is 0 Å². The summed E-state index contributed by atoms with van der Waals surface area (Å²) in [4.78, 5) is 2.48. The van der Waals surface area contributed by atoms with Crippen LogP contribution in [0, 0.1) is 5.92 Å². The van der Waals surface area contributed by atoms with Crippen LogP contribution in [0.4, 0.5) is 0 Å². The van der Waals surface area contributed by atoms with Gasteiger partial charge in [-0.05, 0) is 56.8 Å². The van der Waals surface area contributed by atoms with Crippen LogP contribution in [0.25, 0.3) is 0 Å². The predicted molar refractivity (Wildman–Crippen MR) is 80.6 cm³/mol. The number of halogens is 1. The molecule has 1 saturated heterocycles. The predicted octanol–water partition coefficient (Wildman–Crippen LogP) is 3.47. The average molecular weight is 279 g/mol. The van der Waals surface area contributed by atoms with Crippen molar-refractivity contribution in [2.24, 2.45) is 5.92 Å². The van der Waals surface area contributed by atoms with Gasteiger partial charge < -0.3 is 5.32 Å². The number of rotatable bonds is 4. The van der Waals surface area contributed by atoms with Crippen molar-refractivity contribution in [2.45, 2.75) is 37.8 Å². The maximum absolute atomic E-state index is 6.42. The van der Waals surface area contributed by atoms with Crippen molar-refractivity contribution in [2.75, 3.05) is 20.1 Å². The molecule has 0 bridgehead atoms. The fraction of sp³-hybridized carbons (Fsp3) is 0.625. The minimum absolute atomic E-state index is 0.466. The van der Waals surface area contributed by atoms with Crippen molar-refractivity contribution < 1.29 is 0 Å². The summed E-state index contributed by atoms with van der Waals surface area (Å²) in [5.41, 5.74) is 1.30. The second kappa shape index (κ2) is 5.82. The molecule has 0 radical (unpaired) electrons. The molecule has 2 nitrogen and oxygen atoms in total. The maximum atomic E-state index is 6.42. The van der Waals surface area contributed by atoms with Crippen LogP contribution in [0.2, 0.25) is 5.02 Å². The first-order chi connectivity index (χ1) is 9.25. The number of likely N-dealkylation sites (tertiary alicyclic amines) is 1. The zero-order valence-corrected chi connectivity index (χ0v) is 12.4. The number of nitrogens with zero attached hydrogens (tertiary/aromatic N) is 1. The van der Waals surface area contributed by atoms with Gasteiger partial charge in [-0.25, -0.2) is 0 Å². The number of nitrogens with one attached hydrogen (secondary N) is 1. The molecule has 1 aromatic rings. The maximum Gasteiger partial charge on any atom is 0.0453 e. The molecule has 2 fully saturated rings. The summed E-state index contributed by atoms with van der Waals surface area (Å²) in [6.07, 6.45) is 5.33. The summed E-state index contributed by atoms with van der Waals surface area (Å²) in [5.74, 6) is 0.680. The van der Waals surface area contributed by atoms with Gasteiger partial charge in [0, 0.05) is 23.7 Å². The summed E-state index contributed by atoms with van der Waals surface area (Å²) in [6.45, 7) is 2.31. The van der Waals surface area contributed by atoms with Crippen LogP contribution < -0.4 is 5.32 Å². The second-order valence-electron chi connectivity index (χ2n) is 6.03. The van der Waals surface area contributed by atoms with Gasteiger partial charge in [0.25, 0.3) is 0 Å². The van der Waals surface area contributed by atoms with E-state index in [0.29, 0.717) is 12.0 Å². The summed E-state index contributed by atoms with van der Waals surface area (Å²) in [7, 11) is 2.23. The van der Waals surface area contributed by atoms with Crippen LogP contribution in [0.3, 0.4) is 0 Å². The van der Waals surface area contributed by atoms with Crippen LogP contribution in [0.5, 0.6) is 0 Å². The van der Waals surface area contributed by atoms with E-state index in [1.54, 1.807) is 0 Å². The quantitative estimate of drug-likeness (QED) is 0.907. The molecule has 1 saturated carbocycles. The molecule has 1 aliphatic heterocycles. The first-order valence-corrected chi connectivity index (χ1v) is 7.81. The fourth-order valence-electron chi connectivity index (χ4n) is 3.29. The van der Waals surface area contributed by atoms with E-state index in [9.17, 15) is 0 Å². The molecule has 0 spiro atoms. The van der Waals surface area contributed by atoms with Gasteiger partial charge in [0.15, 0.2) is 0 Å². The minimum Gasteiger partial charge on any atom is -0.314 e. The van der Waals surface area contributed by atoms with Crippen molar-refractivity contribution in [3.05, 3.63) is 34.9 Å². The minimum atomic E-state index is 0.466. The number of piperidine rings is 1. The lowest BCUT2D eigenvalue weighted by Crippen LogP contribution is -2.41. The van der Waals surface area contributed by atoms with Crippen molar-refractivity contribution in [1.29, 1.82) is 0 Å². The van der Waals surface area contributed by atoms with Gasteiger partial charge in [0.2, 0.25) is 0 Å². The van der Waals surface area contributed by atoms with E-state index in [1.165, 1.54) is 37.8 Å². The number of hydrogen-bond donors (Lipinski definition) is 1. The van der Waals surface area contributed by atoms with Gasteiger partial charge in [-0.15, -0.1) is 0 Å². The van der Waals surface area contributed by atoms with Gasteiger partial charge in [-0.3, -0.25) is 4.90 Å². The lowest BCUT2D eigenvalue weighted by molar-refractivity contribution is 0.119. The molecule has 19 heavy (non-hydrogen) atoms. The van der Waals surface area contributed by atoms with E-state index < -0.39 is 0 Å². The molecule has 3 heteroatoms. The van der Waals surface area contributed by atoms with Gasteiger partial charge in [-0.2, -0.15) is 0 Å². The molecule has 1 aromatic carbocycles. The zero-order valence-electron chi connectivity index (χ0n) is 11.6. The largest absolute Gasteiger partial charge is 0.314 e.